The van der Waals surface area contributed by atoms with Crippen molar-refractivity contribution in [2.45, 2.75) is 37.5 Å². The highest BCUT2D eigenvalue weighted by Crippen LogP contribution is 2.25. The maximum atomic E-state index is 13.9. The number of carboxylic acids is 1. The van der Waals surface area contributed by atoms with Crippen LogP contribution >= 0.6 is 0 Å². The second-order valence-corrected chi connectivity index (χ2v) is 8.21. The van der Waals surface area contributed by atoms with Gasteiger partial charge < -0.3 is 24.2 Å². The number of ether oxygens (including phenoxy) is 3. The van der Waals surface area contributed by atoms with Crippen LogP contribution in [0.2, 0.25) is 0 Å². The summed E-state index contributed by atoms with van der Waals surface area (Å²) in [5.74, 6) is -8.33. The van der Waals surface area contributed by atoms with Gasteiger partial charge in [-0.05, 0) is 56.3 Å². The minimum atomic E-state index is -4.89. The Bertz CT molecular complexity index is 985. The van der Waals surface area contributed by atoms with E-state index in [1.54, 1.807) is 38.2 Å². The smallest absolute Gasteiger partial charge is 0.383 e. The van der Waals surface area contributed by atoms with Gasteiger partial charge in [-0.15, -0.1) is 0 Å². The van der Waals surface area contributed by atoms with Crippen LogP contribution < -0.4 is 9.47 Å². The maximum Gasteiger partial charge on any atom is 0.383 e. The number of hydrogen-bond acceptors (Lipinski definition) is 6. The molecule has 7 nitrogen and oxygen atoms in total. The summed E-state index contributed by atoms with van der Waals surface area (Å²) >= 11 is 0. The van der Waals surface area contributed by atoms with Gasteiger partial charge in [0.1, 0.15) is 24.2 Å². The molecule has 0 aliphatic rings. The molecule has 192 valence electrons. The summed E-state index contributed by atoms with van der Waals surface area (Å²) in [6.07, 6.45) is -3.21. The number of nitrogens with zero attached hydrogens (tertiary/aromatic N) is 1. The lowest BCUT2D eigenvalue weighted by Crippen LogP contribution is -2.45. The van der Waals surface area contributed by atoms with Gasteiger partial charge in [-0.2, -0.15) is 8.78 Å². The monoisotopic (exact) mass is 497 g/mol. The Balaban J connectivity index is 2.07. The van der Waals surface area contributed by atoms with Crippen LogP contribution in [0, 0.1) is 0 Å². The quantitative estimate of drug-likeness (QED) is 0.398. The fourth-order valence-corrected chi connectivity index (χ4v) is 3.20. The van der Waals surface area contributed by atoms with E-state index in [1.807, 2.05) is 36.4 Å². The average Bonchev–Trinajstić information content (AvgIpc) is 2.84. The van der Waals surface area contributed by atoms with Crippen LogP contribution in [-0.2, 0) is 27.2 Å². The molecular weight excluding hydrogens is 467 g/mol. The zero-order valence-electron chi connectivity index (χ0n) is 19.9. The van der Waals surface area contributed by atoms with Gasteiger partial charge in [-0.3, -0.25) is 0 Å². The van der Waals surface area contributed by atoms with E-state index in [1.165, 1.54) is 0 Å². The SMILES string of the molecule is COc1cccc(CCc2ccccc2OCC(CCN(C)C)OC(=O)[C@@H](F)C(F)(F)C(=O)O)c1. The normalized spacial score (nSPS) is 13.2. The number of esters is 1. The van der Waals surface area contributed by atoms with Gasteiger partial charge >= 0.3 is 17.9 Å². The molecule has 0 aliphatic heterocycles. The van der Waals surface area contributed by atoms with Crippen molar-refractivity contribution in [1.29, 1.82) is 0 Å². The lowest BCUT2D eigenvalue weighted by Gasteiger charge is -2.23. The number of alkyl halides is 3. The molecule has 0 heterocycles. The highest BCUT2D eigenvalue weighted by atomic mass is 19.3. The second kappa shape index (κ2) is 13.0. The lowest BCUT2D eigenvalue weighted by atomic mass is 10.0. The highest BCUT2D eigenvalue weighted by molar-refractivity contribution is 5.86. The zero-order valence-corrected chi connectivity index (χ0v) is 19.9. The summed E-state index contributed by atoms with van der Waals surface area (Å²) in [7, 11) is 5.10. The largest absolute Gasteiger partial charge is 0.497 e. The number of carbonyl (C=O) groups excluding carboxylic acids is 1. The molecule has 35 heavy (non-hydrogen) atoms. The third-order valence-electron chi connectivity index (χ3n) is 5.21. The van der Waals surface area contributed by atoms with Gasteiger partial charge in [0.15, 0.2) is 0 Å². The van der Waals surface area contributed by atoms with Crippen LogP contribution in [0.5, 0.6) is 11.5 Å². The third kappa shape index (κ3) is 8.47. The van der Waals surface area contributed by atoms with Gasteiger partial charge in [-0.25, -0.2) is 14.0 Å². The predicted octanol–water partition coefficient (Wildman–Crippen LogP) is 3.78. The molecule has 2 rings (SSSR count). The fourth-order valence-electron chi connectivity index (χ4n) is 3.20. The highest BCUT2D eigenvalue weighted by Gasteiger charge is 2.53. The van der Waals surface area contributed by atoms with E-state index >= 15 is 0 Å². The Labute approximate surface area is 202 Å². The van der Waals surface area contributed by atoms with E-state index in [0.717, 1.165) is 16.9 Å². The Morgan fingerprint density at radius 2 is 1.80 bits per heavy atom. The number of carbonyl (C=O) groups is 2. The summed E-state index contributed by atoms with van der Waals surface area (Å²) in [5.41, 5.74) is 1.93. The molecule has 0 fully saturated rings. The minimum Gasteiger partial charge on any atom is -0.497 e. The van der Waals surface area contributed by atoms with Gasteiger partial charge in [0.2, 0.25) is 0 Å². The molecule has 2 aromatic rings. The van der Waals surface area contributed by atoms with Crippen LogP contribution in [-0.4, -0.2) is 74.5 Å². The van der Waals surface area contributed by atoms with E-state index < -0.39 is 30.1 Å². The number of aliphatic carboxylic acids is 1. The Hall–Kier alpha value is -3.27. The summed E-state index contributed by atoms with van der Waals surface area (Å²) < 4.78 is 56.6. The number of methoxy groups -OCH3 is 1. The van der Waals surface area contributed by atoms with E-state index in [-0.39, 0.29) is 13.0 Å². The topological polar surface area (TPSA) is 85.3 Å². The van der Waals surface area contributed by atoms with Crippen molar-refractivity contribution in [2.24, 2.45) is 0 Å². The Morgan fingerprint density at radius 1 is 1.09 bits per heavy atom. The maximum absolute atomic E-state index is 13.9. The van der Waals surface area contributed by atoms with Gasteiger partial charge in [0, 0.05) is 13.0 Å². The molecule has 0 saturated heterocycles. The molecule has 10 heteroatoms. The molecule has 1 unspecified atom stereocenters. The number of halogens is 3. The van der Waals surface area contributed by atoms with Crippen LogP contribution in [0.15, 0.2) is 48.5 Å². The Morgan fingerprint density at radius 3 is 2.46 bits per heavy atom. The first-order valence-corrected chi connectivity index (χ1v) is 11.0. The van der Waals surface area contributed by atoms with Crippen molar-refractivity contribution in [3.8, 4) is 11.5 Å². The van der Waals surface area contributed by atoms with Gasteiger partial charge in [0.25, 0.3) is 6.17 Å². The number of para-hydroxylation sites is 1. The molecule has 0 saturated carbocycles. The Kier molecular flexibility index (Phi) is 10.4. The van der Waals surface area contributed by atoms with Crippen molar-refractivity contribution >= 4 is 11.9 Å². The first-order chi connectivity index (χ1) is 16.5. The van der Waals surface area contributed by atoms with Crippen molar-refractivity contribution in [3.63, 3.8) is 0 Å². The molecule has 0 aromatic heterocycles. The molecule has 0 bridgehead atoms. The first-order valence-electron chi connectivity index (χ1n) is 11.0. The molecule has 1 N–H and O–H groups in total. The van der Waals surface area contributed by atoms with Crippen molar-refractivity contribution in [1.82, 2.24) is 4.90 Å². The summed E-state index contributed by atoms with van der Waals surface area (Å²) in [5, 5.41) is 8.48. The van der Waals surface area contributed by atoms with Crippen LogP contribution in [0.4, 0.5) is 13.2 Å². The summed E-state index contributed by atoms with van der Waals surface area (Å²) in [6.45, 7) is 0.173. The molecule has 0 radical (unpaired) electrons. The molecule has 2 atom stereocenters. The van der Waals surface area contributed by atoms with E-state index in [2.05, 4.69) is 0 Å². The van der Waals surface area contributed by atoms with Crippen LogP contribution in [0.25, 0.3) is 0 Å². The second-order valence-electron chi connectivity index (χ2n) is 8.21. The van der Waals surface area contributed by atoms with Crippen LogP contribution in [0.1, 0.15) is 17.5 Å². The molecule has 0 amide bonds. The third-order valence-corrected chi connectivity index (χ3v) is 5.21. The lowest BCUT2D eigenvalue weighted by molar-refractivity contribution is -0.189. The number of aryl methyl sites for hydroxylation is 2. The van der Waals surface area contributed by atoms with E-state index in [0.29, 0.717) is 25.1 Å². The number of benzene rings is 2. The van der Waals surface area contributed by atoms with E-state index in [9.17, 15) is 22.8 Å². The van der Waals surface area contributed by atoms with Crippen molar-refractivity contribution in [2.75, 3.05) is 34.4 Å². The van der Waals surface area contributed by atoms with E-state index in [4.69, 9.17) is 19.3 Å². The first kappa shape index (κ1) is 28.0. The number of carboxylic acid groups (broad SMARTS) is 1. The van der Waals surface area contributed by atoms with Gasteiger partial charge in [0.05, 0.1) is 7.11 Å². The molecule has 0 spiro atoms. The predicted molar refractivity (Wildman–Crippen MR) is 123 cm³/mol. The summed E-state index contributed by atoms with van der Waals surface area (Å²) in [4.78, 5) is 24.3. The average molecular weight is 498 g/mol. The van der Waals surface area contributed by atoms with Crippen molar-refractivity contribution < 1.29 is 42.1 Å². The van der Waals surface area contributed by atoms with Crippen molar-refractivity contribution in [3.05, 3.63) is 59.7 Å². The number of hydrogen-bond donors (Lipinski definition) is 1. The minimum absolute atomic E-state index is 0.163. The summed E-state index contributed by atoms with van der Waals surface area (Å²) in [6, 6.07) is 14.9. The number of rotatable bonds is 14. The molecular formula is C25H30F3NO6. The van der Waals surface area contributed by atoms with Crippen LogP contribution in [0.3, 0.4) is 0 Å². The molecule has 2 aromatic carbocycles. The standard InChI is InChI=1S/C25H30F3NO6/c1-29(2)14-13-20(35-23(30)22(26)25(27,28)24(31)32)16-34-21-10-5-4-8-18(21)12-11-17-7-6-9-19(15-17)33-3/h4-10,15,20,22H,11-14,16H2,1-3H3,(H,31,32)/t20?,22-/m1/s1. The zero-order chi connectivity index (χ0) is 26.0. The molecule has 0 aliphatic carbocycles. The van der Waals surface area contributed by atoms with Gasteiger partial charge in [-0.1, -0.05) is 30.3 Å². The fraction of sp³-hybridized carbons (Fsp3) is 0.440.